The lowest BCUT2D eigenvalue weighted by atomic mass is 10.2. The molecule has 0 aliphatic heterocycles. The Kier molecular flexibility index (Phi) is 4.19. The number of aromatic carboxylic acids is 1. The third-order valence-electron chi connectivity index (χ3n) is 2.06. The van der Waals surface area contributed by atoms with Crippen LogP contribution in [0.25, 0.3) is 0 Å². The highest BCUT2D eigenvalue weighted by molar-refractivity contribution is 5.96. The van der Waals surface area contributed by atoms with E-state index in [0.29, 0.717) is 0 Å². The molecule has 8 heteroatoms. The lowest BCUT2D eigenvalue weighted by Gasteiger charge is -2.22. The number of amides is 2. The van der Waals surface area contributed by atoms with E-state index in [1.165, 1.54) is 17.2 Å². The van der Waals surface area contributed by atoms with Gasteiger partial charge in [-0.3, -0.25) is 14.6 Å². The predicted molar refractivity (Wildman–Crippen MR) is 61.8 cm³/mol. The van der Waals surface area contributed by atoms with Gasteiger partial charge in [0.05, 0.1) is 18.8 Å². The van der Waals surface area contributed by atoms with Crippen LogP contribution in [-0.4, -0.2) is 41.0 Å². The van der Waals surface area contributed by atoms with Crippen molar-refractivity contribution in [2.45, 2.75) is 0 Å². The van der Waals surface area contributed by atoms with E-state index in [0.717, 1.165) is 6.20 Å². The minimum Gasteiger partial charge on any atom is -0.478 e. The first-order valence-corrected chi connectivity index (χ1v) is 4.90. The minimum absolute atomic E-state index is 0.139. The maximum atomic E-state index is 11.0. The molecule has 0 spiro atoms. The Hall–Kier alpha value is -2.64. The summed E-state index contributed by atoms with van der Waals surface area (Å²) < 4.78 is 0. The van der Waals surface area contributed by atoms with E-state index in [1.54, 1.807) is 0 Å². The van der Waals surface area contributed by atoms with Gasteiger partial charge in [0.1, 0.15) is 5.56 Å². The van der Waals surface area contributed by atoms with E-state index in [-0.39, 0.29) is 24.3 Å². The average Bonchev–Trinajstić information content (AvgIpc) is 2.26. The van der Waals surface area contributed by atoms with Crippen LogP contribution in [0.2, 0.25) is 0 Å². The van der Waals surface area contributed by atoms with Gasteiger partial charge in [-0.1, -0.05) is 0 Å². The second-order valence-corrected chi connectivity index (χ2v) is 3.49. The van der Waals surface area contributed by atoms with Crippen LogP contribution in [0.1, 0.15) is 10.4 Å². The molecule has 0 atom stereocenters. The van der Waals surface area contributed by atoms with Crippen molar-refractivity contribution in [2.24, 2.45) is 11.5 Å². The molecule has 18 heavy (non-hydrogen) atoms. The molecule has 0 fully saturated rings. The zero-order valence-corrected chi connectivity index (χ0v) is 9.37. The molecule has 5 N–H and O–H groups in total. The van der Waals surface area contributed by atoms with Crippen molar-refractivity contribution in [3.05, 3.63) is 24.0 Å². The Balaban J connectivity index is 3.15. The summed E-state index contributed by atoms with van der Waals surface area (Å²) >= 11 is 0. The summed E-state index contributed by atoms with van der Waals surface area (Å²) in [6, 6.07) is 1.37. The quantitative estimate of drug-likeness (QED) is 0.566. The van der Waals surface area contributed by atoms with Crippen LogP contribution in [0.5, 0.6) is 0 Å². The van der Waals surface area contributed by atoms with Gasteiger partial charge < -0.3 is 21.5 Å². The molecule has 1 aromatic heterocycles. The SMILES string of the molecule is NC(=O)CN(CC(N)=O)c1ccncc1C(=O)O. The van der Waals surface area contributed by atoms with E-state index in [1.807, 2.05) is 0 Å². The summed E-state index contributed by atoms with van der Waals surface area (Å²) in [5.41, 5.74) is 10.1. The molecule has 0 aromatic carbocycles. The largest absolute Gasteiger partial charge is 0.478 e. The van der Waals surface area contributed by atoms with E-state index < -0.39 is 17.8 Å². The molecule has 2 amide bonds. The average molecular weight is 252 g/mol. The molecule has 0 radical (unpaired) electrons. The number of nitrogens with two attached hydrogens (primary N) is 2. The first kappa shape index (κ1) is 13.4. The fraction of sp³-hybridized carbons (Fsp3) is 0.200. The molecular formula is C10H12N4O4. The standard InChI is InChI=1S/C10H12N4O4/c11-8(15)4-14(5-9(12)16)7-1-2-13-3-6(7)10(17)18/h1-3H,4-5H2,(H2,11,15)(H2,12,16)(H,17,18). The first-order chi connectivity index (χ1) is 8.41. The molecule has 1 aromatic rings. The monoisotopic (exact) mass is 252 g/mol. The van der Waals surface area contributed by atoms with Crippen LogP contribution in [0, 0.1) is 0 Å². The third-order valence-corrected chi connectivity index (χ3v) is 2.06. The fourth-order valence-corrected chi connectivity index (χ4v) is 1.43. The molecule has 96 valence electrons. The molecule has 0 bridgehead atoms. The molecule has 0 saturated heterocycles. The zero-order valence-electron chi connectivity index (χ0n) is 9.37. The zero-order chi connectivity index (χ0) is 13.7. The molecule has 8 nitrogen and oxygen atoms in total. The molecule has 1 rings (SSSR count). The highest BCUT2D eigenvalue weighted by atomic mass is 16.4. The molecule has 0 saturated carbocycles. The van der Waals surface area contributed by atoms with Gasteiger partial charge in [-0.2, -0.15) is 0 Å². The lowest BCUT2D eigenvalue weighted by Crippen LogP contribution is -2.40. The Morgan fingerprint density at radius 1 is 1.22 bits per heavy atom. The van der Waals surface area contributed by atoms with Crippen molar-refractivity contribution in [1.29, 1.82) is 0 Å². The van der Waals surface area contributed by atoms with Crippen molar-refractivity contribution in [1.82, 2.24) is 4.98 Å². The van der Waals surface area contributed by atoms with Crippen molar-refractivity contribution >= 4 is 23.5 Å². The Bertz CT molecular complexity index is 473. The number of nitrogens with zero attached hydrogens (tertiary/aromatic N) is 2. The van der Waals surface area contributed by atoms with Crippen LogP contribution in [-0.2, 0) is 9.59 Å². The normalized spacial score (nSPS) is 9.78. The van der Waals surface area contributed by atoms with Crippen molar-refractivity contribution in [3.63, 3.8) is 0 Å². The number of carboxylic acid groups (broad SMARTS) is 1. The van der Waals surface area contributed by atoms with Crippen molar-refractivity contribution in [2.75, 3.05) is 18.0 Å². The van der Waals surface area contributed by atoms with Crippen LogP contribution < -0.4 is 16.4 Å². The van der Waals surface area contributed by atoms with E-state index in [4.69, 9.17) is 16.6 Å². The second kappa shape index (κ2) is 5.62. The molecular weight excluding hydrogens is 240 g/mol. The summed E-state index contributed by atoms with van der Waals surface area (Å²) in [6.07, 6.45) is 2.46. The number of carbonyl (C=O) groups excluding carboxylic acids is 2. The molecule has 1 heterocycles. The summed E-state index contributed by atoms with van der Waals surface area (Å²) in [4.78, 5) is 37.7. The number of carboxylic acids is 1. The molecule has 0 aliphatic carbocycles. The van der Waals surface area contributed by atoms with Crippen LogP contribution >= 0.6 is 0 Å². The second-order valence-electron chi connectivity index (χ2n) is 3.49. The maximum Gasteiger partial charge on any atom is 0.339 e. The highest BCUT2D eigenvalue weighted by Gasteiger charge is 2.18. The summed E-state index contributed by atoms with van der Waals surface area (Å²) in [5.74, 6) is -2.63. The summed E-state index contributed by atoms with van der Waals surface area (Å²) in [6.45, 7) is -0.625. The number of anilines is 1. The fourth-order valence-electron chi connectivity index (χ4n) is 1.43. The van der Waals surface area contributed by atoms with Gasteiger partial charge in [-0.05, 0) is 6.07 Å². The maximum absolute atomic E-state index is 11.0. The van der Waals surface area contributed by atoms with Gasteiger partial charge in [0.15, 0.2) is 0 Å². The van der Waals surface area contributed by atoms with Gasteiger partial charge in [-0.25, -0.2) is 4.79 Å². The van der Waals surface area contributed by atoms with Crippen molar-refractivity contribution in [3.8, 4) is 0 Å². The minimum atomic E-state index is -1.22. The van der Waals surface area contributed by atoms with Gasteiger partial charge in [-0.15, -0.1) is 0 Å². The third kappa shape index (κ3) is 3.44. The van der Waals surface area contributed by atoms with Crippen LogP contribution in [0.3, 0.4) is 0 Å². The number of pyridine rings is 1. The smallest absolute Gasteiger partial charge is 0.339 e. The van der Waals surface area contributed by atoms with Crippen molar-refractivity contribution < 1.29 is 19.5 Å². The number of hydrogen-bond acceptors (Lipinski definition) is 5. The van der Waals surface area contributed by atoms with Gasteiger partial charge in [0, 0.05) is 12.4 Å². The molecule has 0 unspecified atom stereocenters. The number of hydrogen-bond donors (Lipinski definition) is 3. The van der Waals surface area contributed by atoms with E-state index >= 15 is 0 Å². The molecule has 0 aliphatic rings. The van der Waals surface area contributed by atoms with Gasteiger partial charge in [0.25, 0.3) is 0 Å². The van der Waals surface area contributed by atoms with Gasteiger partial charge >= 0.3 is 5.97 Å². The highest BCUT2D eigenvalue weighted by Crippen LogP contribution is 2.18. The Labute approximate surface area is 102 Å². The summed E-state index contributed by atoms with van der Waals surface area (Å²) in [5, 5.41) is 8.98. The number of carbonyl (C=O) groups is 3. The van der Waals surface area contributed by atoms with E-state index in [9.17, 15) is 14.4 Å². The predicted octanol–water partition coefficient (Wildman–Crippen LogP) is -1.44. The Morgan fingerprint density at radius 2 is 1.78 bits per heavy atom. The first-order valence-electron chi connectivity index (χ1n) is 4.90. The van der Waals surface area contributed by atoms with Crippen LogP contribution in [0.15, 0.2) is 18.5 Å². The van der Waals surface area contributed by atoms with Crippen LogP contribution in [0.4, 0.5) is 5.69 Å². The van der Waals surface area contributed by atoms with Gasteiger partial charge in [0.2, 0.25) is 11.8 Å². The summed E-state index contributed by atoms with van der Waals surface area (Å²) in [7, 11) is 0. The number of rotatable bonds is 6. The lowest BCUT2D eigenvalue weighted by molar-refractivity contribution is -0.117. The number of primary amides is 2. The topological polar surface area (TPSA) is 140 Å². The number of aromatic nitrogens is 1. The Morgan fingerprint density at radius 3 is 2.22 bits per heavy atom. The van der Waals surface area contributed by atoms with E-state index in [2.05, 4.69) is 4.98 Å².